The van der Waals surface area contributed by atoms with Gasteiger partial charge in [-0.1, -0.05) is 24.3 Å². The number of nitrogens with zero attached hydrogens (tertiary/aromatic N) is 3. The number of aromatic nitrogens is 3. The molecule has 0 saturated carbocycles. The number of ether oxygens (including phenoxy) is 1. The highest BCUT2D eigenvalue weighted by Gasteiger charge is 2.24. The number of aryl methyl sites for hydroxylation is 2. The number of thiazole rings is 1. The van der Waals surface area contributed by atoms with Crippen molar-refractivity contribution in [3.63, 3.8) is 0 Å². The number of sulfonamides is 1. The summed E-state index contributed by atoms with van der Waals surface area (Å²) >= 11 is 1.15. The van der Waals surface area contributed by atoms with E-state index in [0.717, 1.165) is 39.2 Å². The van der Waals surface area contributed by atoms with Gasteiger partial charge in [-0.05, 0) is 55.7 Å². The Hall–Kier alpha value is -3.54. The molecule has 2 aromatic heterocycles. The van der Waals surface area contributed by atoms with E-state index >= 15 is 0 Å². The molecule has 4 aromatic rings. The Morgan fingerprint density at radius 1 is 1.14 bits per heavy atom. The summed E-state index contributed by atoms with van der Waals surface area (Å²) in [7, 11) is -3.80. The number of rotatable bonds is 8. The fourth-order valence-corrected chi connectivity index (χ4v) is 4.85. The average Bonchev–Trinajstić information content (AvgIpc) is 3.42. The molecule has 0 atom stereocenters. The fourth-order valence-electron chi connectivity index (χ4n) is 3.59. The third kappa shape index (κ3) is 5.11. The molecule has 0 amide bonds. The van der Waals surface area contributed by atoms with Crippen LogP contribution in [0.15, 0.2) is 52.7 Å². The number of primary sulfonamides is 1. The third-order valence-corrected chi connectivity index (χ3v) is 7.27. The minimum absolute atomic E-state index is 0.0281. The van der Waals surface area contributed by atoms with Crippen molar-refractivity contribution in [1.82, 2.24) is 14.8 Å². The quantitative estimate of drug-likeness (QED) is 0.365. The van der Waals surface area contributed by atoms with Crippen LogP contribution in [0.5, 0.6) is 5.88 Å². The summed E-state index contributed by atoms with van der Waals surface area (Å²) in [6.45, 7) is 6.25. The highest BCUT2D eigenvalue weighted by Crippen LogP contribution is 2.36. The second-order valence-corrected chi connectivity index (χ2v) is 10.4. The smallest absolute Gasteiger partial charge is 0.355 e. The zero-order valence-corrected chi connectivity index (χ0v) is 21.0. The highest BCUT2D eigenvalue weighted by atomic mass is 32.2. The van der Waals surface area contributed by atoms with Crippen LogP contribution in [-0.2, 0) is 16.4 Å². The average molecular weight is 513 g/mol. The minimum atomic E-state index is -3.80. The maximum absolute atomic E-state index is 11.6. The first-order chi connectivity index (χ1) is 16.6. The summed E-state index contributed by atoms with van der Waals surface area (Å²) in [6.07, 6.45) is 0.389. The summed E-state index contributed by atoms with van der Waals surface area (Å²) < 4.78 is 30.8. The lowest BCUT2D eigenvalue weighted by molar-refractivity contribution is 0.0691. The van der Waals surface area contributed by atoms with Crippen molar-refractivity contribution in [2.24, 2.45) is 5.14 Å². The van der Waals surface area contributed by atoms with Crippen LogP contribution in [0.2, 0.25) is 0 Å². The molecule has 3 N–H and O–H groups in total. The van der Waals surface area contributed by atoms with Crippen molar-refractivity contribution >= 4 is 27.3 Å². The normalized spacial score (nSPS) is 11.5. The first kappa shape index (κ1) is 24.6. The van der Waals surface area contributed by atoms with Gasteiger partial charge in [0.2, 0.25) is 21.0 Å². The highest BCUT2D eigenvalue weighted by molar-refractivity contribution is 7.89. The van der Waals surface area contributed by atoms with E-state index in [1.54, 1.807) is 12.1 Å². The van der Waals surface area contributed by atoms with Gasteiger partial charge in [-0.25, -0.2) is 23.3 Å². The first-order valence-electron chi connectivity index (χ1n) is 10.7. The molecule has 35 heavy (non-hydrogen) atoms. The Morgan fingerprint density at radius 3 is 2.43 bits per heavy atom. The zero-order valence-electron chi connectivity index (χ0n) is 19.3. The van der Waals surface area contributed by atoms with E-state index in [1.165, 1.54) is 22.2 Å². The topological polar surface area (TPSA) is 137 Å². The number of carboxylic acids is 1. The van der Waals surface area contributed by atoms with Gasteiger partial charge >= 0.3 is 5.97 Å². The maximum Gasteiger partial charge on any atom is 0.355 e. The van der Waals surface area contributed by atoms with Gasteiger partial charge in [0.25, 0.3) is 0 Å². The molecule has 2 aromatic carbocycles. The van der Waals surface area contributed by atoms with Crippen LogP contribution in [0.4, 0.5) is 0 Å². The van der Waals surface area contributed by atoms with Gasteiger partial charge < -0.3 is 9.84 Å². The van der Waals surface area contributed by atoms with E-state index in [9.17, 15) is 18.3 Å². The molecule has 0 saturated heterocycles. The molecule has 0 aliphatic heterocycles. The molecule has 0 spiro atoms. The van der Waals surface area contributed by atoms with Crippen LogP contribution in [-0.4, -0.2) is 40.9 Å². The van der Waals surface area contributed by atoms with Crippen LogP contribution in [0.25, 0.3) is 16.4 Å². The largest absolute Gasteiger partial charge is 0.478 e. The molecular formula is C24H24N4O5S2. The molecule has 9 nitrogen and oxygen atoms in total. The number of aromatic carboxylic acids is 1. The molecule has 2 heterocycles. The Balaban J connectivity index is 1.89. The molecule has 0 aliphatic rings. The van der Waals surface area contributed by atoms with Gasteiger partial charge in [0.1, 0.15) is 5.69 Å². The standard InChI is InChI=1S/C24H24N4O5S2/c1-4-33-22-19(12-16-6-9-18(10-7-16)35(25,31)32)21(17-8-5-14(2)15(3)11-17)27-28(22)24-26-20(13-34-24)23(29)30/h5-11,13H,4,12H2,1-3H3,(H,29,30)(H2,25,31,32). The summed E-state index contributed by atoms with van der Waals surface area (Å²) in [5.41, 5.74) is 5.30. The lowest BCUT2D eigenvalue weighted by atomic mass is 9.98. The summed E-state index contributed by atoms with van der Waals surface area (Å²) in [5, 5.41) is 21.2. The molecule has 0 fully saturated rings. The van der Waals surface area contributed by atoms with Crippen LogP contribution >= 0.6 is 11.3 Å². The molecular weight excluding hydrogens is 488 g/mol. The van der Waals surface area contributed by atoms with E-state index in [-0.39, 0.29) is 10.6 Å². The lowest BCUT2D eigenvalue weighted by Crippen LogP contribution is -2.11. The summed E-state index contributed by atoms with van der Waals surface area (Å²) in [5.74, 6) is -0.676. The Bertz CT molecular complexity index is 1510. The van der Waals surface area contributed by atoms with E-state index in [2.05, 4.69) is 4.98 Å². The fraction of sp³-hybridized carbons (Fsp3) is 0.208. The van der Waals surface area contributed by atoms with Gasteiger partial charge in [0, 0.05) is 22.9 Å². The second-order valence-electron chi connectivity index (χ2n) is 7.96. The van der Waals surface area contributed by atoms with Crippen molar-refractivity contribution < 1.29 is 23.1 Å². The predicted octanol–water partition coefficient (Wildman–Crippen LogP) is 3.95. The van der Waals surface area contributed by atoms with Gasteiger partial charge in [0.15, 0.2) is 5.69 Å². The van der Waals surface area contributed by atoms with Crippen molar-refractivity contribution in [3.05, 3.63) is 75.8 Å². The van der Waals surface area contributed by atoms with Crippen molar-refractivity contribution in [2.45, 2.75) is 32.1 Å². The maximum atomic E-state index is 11.6. The molecule has 0 aliphatic carbocycles. The summed E-state index contributed by atoms with van der Waals surface area (Å²) in [4.78, 5) is 15.6. The third-order valence-electron chi connectivity index (χ3n) is 5.52. The van der Waals surface area contributed by atoms with E-state index in [4.69, 9.17) is 15.0 Å². The Morgan fingerprint density at radius 2 is 1.86 bits per heavy atom. The molecule has 0 bridgehead atoms. The number of hydrogen-bond acceptors (Lipinski definition) is 7. The number of benzene rings is 2. The predicted molar refractivity (Wildman–Crippen MR) is 133 cm³/mol. The molecule has 182 valence electrons. The van der Waals surface area contributed by atoms with E-state index in [1.807, 2.05) is 39.0 Å². The van der Waals surface area contributed by atoms with Crippen LogP contribution in [0, 0.1) is 13.8 Å². The number of carbonyl (C=O) groups is 1. The molecule has 4 rings (SSSR count). The Kier molecular flexibility index (Phi) is 6.75. The minimum Gasteiger partial charge on any atom is -0.478 e. The van der Waals surface area contributed by atoms with Crippen LogP contribution in [0.1, 0.15) is 39.7 Å². The van der Waals surface area contributed by atoms with Crippen molar-refractivity contribution in [1.29, 1.82) is 0 Å². The van der Waals surface area contributed by atoms with Crippen molar-refractivity contribution in [3.8, 4) is 22.3 Å². The monoisotopic (exact) mass is 512 g/mol. The second kappa shape index (κ2) is 9.61. The van der Waals surface area contributed by atoms with E-state index < -0.39 is 16.0 Å². The number of carboxylic acid groups (broad SMARTS) is 1. The summed E-state index contributed by atoms with van der Waals surface area (Å²) in [6, 6.07) is 12.3. The molecule has 0 unspecified atom stereocenters. The van der Waals surface area contributed by atoms with Gasteiger partial charge in [-0.3, -0.25) is 0 Å². The zero-order chi connectivity index (χ0) is 25.3. The Labute approximate surface area is 206 Å². The van der Waals surface area contributed by atoms with E-state index in [0.29, 0.717) is 29.7 Å². The lowest BCUT2D eigenvalue weighted by Gasteiger charge is -2.10. The van der Waals surface area contributed by atoms with Crippen LogP contribution in [0.3, 0.4) is 0 Å². The molecule has 0 radical (unpaired) electrons. The van der Waals surface area contributed by atoms with Crippen LogP contribution < -0.4 is 9.88 Å². The van der Waals surface area contributed by atoms with Gasteiger partial charge in [0.05, 0.1) is 11.5 Å². The first-order valence-corrected chi connectivity index (χ1v) is 13.1. The van der Waals surface area contributed by atoms with Gasteiger partial charge in [-0.2, -0.15) is 9.78 Å². The van der Waals surface area contributed by atoms with Crippen molar-refractivity contribution in [2.75, 3.05) is 6.61 Å². The van der Waals surface area contributed by atoms with Gasteiger partial charge in [-0.15, -0.1) is 11.3 Å². The SMILES string of the molecule is CCOc1c(Cc2ccc(S(N)(=O)=O)cc2)c(-c2ccc(C)c(C)c2)nn1-c1nc(C(=O)O)cs1. The number of hydrogen-bond donors (Lipinski definition) is 2. The number of nitrogens with two attached hydrogens (primary N) is 1. The molecule has 11 heteroatoms.